The number of para-hydroxylation sites is 1. The van der Waals surface area contributed by atoms with Crippen LogP contribution in [0.15, 0.2) is 59.4 Å². The first-order chi connectivity index (χ1) is 15.0. The van der Waals surface area contributed by atoms with E-state index in [4.69, 9.17) is 4.74 Å². The third kappa shape index (κ3) is 4.05. The molecule has 2 heterocycles. The molecule has 0 radical (unpaired) electrons. The van der Waals surface area contributed by atoms with Gasteiger partial charge in [0.2, 0.25) is 5.91 Å². The van der Waals surface area contributed by atoms with Crippen molar-refractivity contribution < 1.29 is 9.53 Å². The Hall–Kier alpha value is -3.94. The number of nitrogens with one attached hydrogen (secondary N) is 1. The molecule has 1 amide bonds. The minimum Gasteiger partial charge on any atom is -0.497 e. The summed E-state index contributed by atoms with van der Waals surface area (Å²) in [7, 11) is 3.27. The maximum absolute atomic E-state index is 12.9. The van der Waals surface area contributed by atoms with Crippen LogP contribution < -0.4 is 15.6 Å². The number of aromatic nitrogens is 4. The lowest BCUT2D eigenvalue weighted by Gasteiger charge is -2.09. The van der Waals surface area contributed by atoms with Gasteiger partial charge in [0.1, 0.15) is 17.0 Å². The summed E-state index contributed by atoms with van der Waals surface area (Å²) >= 11 is 0. The van der Waals surface area contributed by atoms with Crippen molar-refractivity contribution in [3.63, 3.8) is 0 Å². The van der Waals surface area contributed by atoms with E-state index in [-0.39, 0.29) is 24.3 Å². The first-order valence-electron chi connectivity index (χ1n) is 9.92. The average Bonchev–Trinajstić information content (AvgIpc) is 3.12. The van der Waals surface area contributed by atoms with Crippen molar-refractivity contribution in [2.24, 2.45) is 7.05 Å². The molecule has 2 aromatic carbocycles. The second-order valence-electron chi connectivity index (χ2n) is 7.21. The molecule has 0 saturated heterocycles. The normalized spacial score (nSPS) is 10.9. The van der Waals surface area contributed by atoms with Crippen molar-refractivity contribution in [1.29, 1.82) is 0 Å². The summed E-state index contributed by atoms with van der Waals surface area (Å²) < 4.78 is 8.43. The molecule has 0 fully saturated rings. The van der Waals surface area contributed by atoms with Crippen LogP contribution in [-0.2, 0) is 18.3 Å². The summed E-state index contributed by atoms with van der Waals surface area (Å²) in [6.45, 7) is 1.86. The molecule has 2 aromatic heterocycles. The fraction of sp³-hybridized carbons (Fsp3) is 0.217. The second kappa shape index (κ2) is 8.43. The van der Waals surface area contributed by atoms with Crippen molar-refractivity contribution in [3.05, 3.63) is 76.3 Å². The lowest BCUT2D eigenvalue weighted by Crippen LogP contribution is -2.25. The lowest BCUT2D eigenvalue weighted by atomic mass is 10.2. The highest BCUT2D eigenvalue weighted by Gasteiger charge is 2.18. The number of methoxy groups -OCH3 is 1. The summed E-state index contributed by atoms with van der Waals surface area (Å²) in [5.74, 6) is 0.457. The number of benzene rings is 2. The van der Waals surface area contributed by atoms with Gasteiger partial charge in [-0.05, 0) is 31.2 Å². The molecule has 0 saturated carbocycles. The van der Waals surface area contributed by atoms with E-state index in [1.807, 2.05) is 37.3 Å². The van der Waals surface area contributed by atoms with Crippen molar-refractivity contribution >= 4 is 22.8 Å². The van der Waals surface area contributed by atoms with Crippen molar-refractivity contribution in [1.82, 2.24) is 19.3 Å². The molecule has 31 heavy (non-hydrogen) atoms. The zero-order chi connectivity index (χ0) is 22.0. The predicted molar refractivity (Wildman–Crippen MR) is 119 cm³/mol. The maximum atomic E-state index is 12.9. The maximum Gasteiger partial charge on any atom is 0.273 e. The van der Waals surface area contributed by atoms with Crippen LogP contribution in [0, 0.1) is 6.92 Å². The van der Waals surface area contributed by atoms with Gasteiger partial charge in [-0.25, -0.2) is 9.67 Å². The molecule has 4 rings (SSSR count). The molecule has 158 valence electrons. The van der Waals surface area contributed by atoms with E-state index < -0.39 is 0 Å². The van der Waals surface area contributed by atoms with Gasteiger partial charge in [0.15, 0.2) is 5.65 Å². The molecule has 0 aliphatic heterocycles. The largest absolute Gasteiger partial charge is 0.497 e. The standard InChI is InChI=1S/C23H23N5O3/c1-15-21-22(28(26-15)17-9-5-4-6-10-17)27(2)23(30)19(25-21)12-13-20(29)24-16-8-7-11-18(14-16)31-3/h4-11,14H,12-13H2,1-3H3,(H,24,29). The summed E-state index contributed by atoms with van der Waals surface area (Å²) in [4.78, 5) is 29.9. The topological polar surface area (TPSA) is 91.0 Å². The van der Waals surface area contributed by atoms with E-state index in [2.05, 4.69) is 15.4 Å². The van der Waals surface area contributed by atoms with Gasteiger partial charge in [0.25, 0.3) is 5.56 Å². The molecule has 8 nitrogen and oxygen atoms in total. The zero-order valence-electron chi connectivity index (χ0n) is 17.6. The molecule has 0 atom stereocenters. The number of carbonyl (C=O) groups excluding carboxylic acids is 1. The van der Waals surface area contributed by atoms with Gasteiger partial charge < -0.3 is 10.1 Å². The quantitative estimate of drug-likeness (QED) is 0.521. The van der Waals surface area contributed by atoms with Crippen LogP contribution in [0.4, 0.5) is 5.69 Å². The Morgan fingerprint density at radius 1 is 1.13 bits per heavy atom. The van der Waals surface area contributed by atoms with E-state index in [1.54, 1.807) is 47.7 Å². The minimum atomic E-state index is -0.237. The van der Waals surface area contributed by atoms with E-state index in [0.29, 0.717) is 28.3 Å². The Morgan fingerprint density at radius 2 is 1.90 bits per heavy atom. The zero-order valence-corrected chi connectivity index (χ0v) is 17.6. The van der Waals surface area contributed by atoms with Gasteiger partial charge in [-0.15, -0.1) is 0 Å². The number of aryl methyl sites for hydroxylation is 3. The van der Waals surface area contributed by atoms with Crippen LogP contribution >= 0.6 is 0 Å². The van der Waals surface area contributed by atoms with Crippen LogP contribution in [0.5, 0.6) is 5.75 Å². The Labute approximate surface area is 179 Å². The van der Waals surface area contributed by atoms with Gasteiger partial charge in [-0.1, -0.05) is 24.3 Å². The van der Waals surface area contributed by atoms with Gasteiger partial charge in [-0.3, -0.25) is 14.2 Å². The van der Waals surface area contributed by atoms with Crippen molar-refractivity contribution in [2.45, 2.75) is 19.8 Å². The molecule has 4 aromatic rings. The number of anilines is 1. The van der Waals surface area contributed by atoms with Crippen LogP contribution in [0.2, 0.25) is 0 Å². The molecule has 0 bridgehead atoms. The summed E-state index contributed by atoms with van der Waals surface area (Å²) in [6.07, 6.45) is 0.366. The minimum absolute atomic E-state index is 0.136. The molecule has 0 aliphatic rings. The monoisotopic (exact) mass is 417 g/mol. The Bertz CT molecular complexity index is 1310. The molecule has 0 unspecified atom stereocenters. The molecule has 1 N–H and O–H groups in total. The van der Waals surface area contributed by atoms with Gasteiger partial charge in [0, 0.05) is 31.6 Å². The molecular weight excluding hydrogens is 394 g/mol. The van der Waals surface area contributed by atoms with Crippen LogP contribution in [0.25, 0.3) is 16.9 Å². The number of nitrogens with zero attached hydrogens (tertiary/aromatic N) is 4. The van der Waals surface area contributed by atoms with Crippen LogP contribution in [0.3, 0.4) is 0 Å². The summed E-state index contributed by atoms with van der Waals surface area (Å²) in [5.41, 5.74) is 3.58. The summed E-state index contributed by atoms with van der Waals surface area (Å²) in [6, 6.07) is 16.7. The van der Waals surface area contributed by atoms with Crippen LogP contribution in [0.1, 0.15) is 17.8 Å². The molecule has 0 aliphatic carbocycles. The number of amides is 1. The highest BCUT2D eigenvalue weighted by atomic mass is 16.5. The number of fused-ring (bicyclic) bond motifs is 1. The van der Waals surface area contributed by atoms with Crippen molar-refractivity contribution in [2.75, 3.05) is 12.4 Å². The fourth-order valence-corrected chi connectivity index (χ4v) is 3.48. The Balaban J connectivity index is 1.59. The van der Waals surface area contributed by atoms with Crippen LogP contribution in [-0.4, -0.2) is 32.3 Å². The predicted octanol–water partition coefficient (Wildman–Crippen LogP) is 3.01. The third-order valence-corrected chi connectivity index (χ3v) is 5.06. The van der Waals surface area contributed by atoms with E-state index >= 15 is 0 Å². The molecular formula is C23H23N5O3. The number of hydrogen-bond acceptors (Lipinski definition) is 5. The van der Waals surface area contributed by atoms with E-state index in [1.165, 1.54) is 0 Å². The number of carbonyl (C=O) groups is 1. The van der Waals surface area contributed by atoms with Gasteiger partial charge in [-0.2, -0.15) is 5.10 Å². The first kappa shape index (κ1) is 20.3. The first-order valence-corrected chi connectivity index (χ1v) is 9.92. The fourth-order valence-electron chi connectivity index (χ4n) is 3.48. The van der Waals surface area contributed by atoms with Gasteiger partial charge >= 0.3 is 0 Å². The average molecular weight is 417 g/mol. The number of hydrogen-bond donors (Lipinski definition) is 1. The smallest absolute Gasteiger partial charge is 0.273 e. The van der Waals surface area contributed by atoms with E-state index in [9.17, 15) is 9.59 Å². The second-order valence-corrected chi connectivity index (χ2v) is 7.21. The molecule has 0 spiro atoms. The molecule has 8 heteroatoms. The van der Waals surface area contributed by atoms with Gasteiger partial charge in [0.05, 0.1) is 18.5 Å². The van der Waals surface area contributed by atoms with E-state index in [0.717, 1.165) is 11.4 Å². The highest BCUT2D eigenvalue weighted by molar-refractivity contribution is 5.91. The highest BCUT2D eigenvalue weighted by Crippen LogP contribution is 2.20. The number of rotatable bonds is 6. The van der Waals surface area contributed by atoms with Crippen molar-refractivity contribution in [3.8, 4) is 11.4 Å². The number of ether oxygens (including phenoxy) is 1. The third-order valence-electron chi connectivity index (χ3n) is 5.06. The summed E-state index contributed by atoms with van der Waals surface area (Å²) in [5, 5.41) is 7.40. The lowest BCUT2D eigenvalue weighted by molar-refractivity contribution is -0.116. The SMILES string of the molecule is COc1cccc(NC(=O)CCc2nc3c(C)nn(-c4ccccc4)c3n(C)c2=O)c1. The Morgan fingerprint density at radius 3 is 2.65 bits per heavy atom. The Kier molecular flexibility index (Phi) is 5.53.